The van der Waals surface area contributed by atoms with Gasteiger partial charge in [-0.05, 0) is 18.2 Å². The number of halogens is 1. The second kappa shape index (κ2) is 5.29. The van der Waals surface area contributed by atoms with Crippen LogP contribution >= 0.6 is 11.6 Å². The van der Waals surface area contributed by atoms with Gasteiger partial charge in [-0.2, -0.15) is 5.10 Å². The molecule has 1 aromatic carbocycles. The first-order valence-electron chi connectivity index (χ1n) is 5.51. The Balaban J connectivity index is 2.09. The van der Waals surface area contributed by atoms with Gasteiger partial charge in [-0.3, -0.25) is 4.79 Å². The number of hydrazone groups is 1. The number of carbonyl (C=O) groups is 1. The molecule has 0 unspecified atom stereocenters. The molecule has 0 saturated carbocycles. The highest BCUT2D eigenvalue weighted by atomic mass is 35.5. The standard InChI is InChI=1S/C12H14ClN3O/c13-11-4-2-1-3-9(11)8-16-12(17)7-10(15-16)5-6-14/h1-4H,5-8,14H2. The number of rotatable bonds is 4. The van der Waals surface area contributed by atoms with Crippen molar-refractivity contribution in [1.29, 1.82) is 0 Å². The molecule has 1 aliphatic rings. The molecule has 2 N–H and O–H groups in total. The molecule has 1 amide bonds. The largest absolute Gasteiger partial charge is 0.330 e. The normalized spacial score (nSPS) is 15.3. The van der Waals surface area contributed by atoms with Crippen molar-refractivity contribution >= 4 is 23.2 Å². The van der Waals surface area contributed by atoms with Gasteiger partial charge in [-0.1, -0.05) is 29.8 Å². The van der Waals surface area contributed by atoms with Crippen molar-refractivity contribution in [2.24, 2.45) is 10.8 Å². The molecule has 4 nitrogen and oxygen atoms in total. The van der Waals surface area contributed by atoms with Gasteiger partial charge in [0.15, 0.2) is 0 Å². The van der Waals surface area contributed by atoms with E-state index >= 15 is 0 Å². The average molecular weight is 252 g/mol. The molecule has 0 saturated heterocycles. The van der Waals surface area contributed by atoms with Gasteiger partial charge in [0.05, 0.1) is 13.0 Å². The van der Waals surface area contributed by atoms with Gasteiger partial charge in [-0.15, -0.1) is 0 Å². The Labute approximate surface area is 105 Å². The highest BCUT2D eigenvalue weighted by Crippen LogP contribution is 2.20. The van der Waals surface area contributed by atoms with Gasteiger partial charge < -0.3 is 5.73 Å². The molecular weight excluding hydrogens is 238 g/mol. The summed E-state index contributed by atoms with van der Waals surface area (Å²) in [7, 11) is 0. The van der Waals surface area contributed by atoms with Gasteiger partial charge in [-0.25, -0.2) is 5.01 Å². The van der Waals surface area contributed by atoms with Crippen LogP contribution in [0, 0.1) is 0 Å². The second-order valence-electron chi connectivity index (χ2n) is 3.92. The zero-order chi connectivity index (χ0) is 12.3. The summed E-state index contributed by atoms with van der Waals surface area (Å²) in [5, 5.41) is 6.38. The van der Waals surface area contributed by atoms with E-state index < -0.39 is 0 Å². The summed E-state index contributed by atoms with van der Waals surface area (Å²) in [4.78, 5) is 11.7. The molecule has 0 aromatic heterocycles. The zero-order valence-corrected chi connectivity index (χ0v) is 10.2. The van der Waals surface area contributed by atoms with Crippen LogP contribution in [0.3, 0.4) is 0 Å². The van der Waals surface area contributed by atoms with E-state index in [1.807, 2.05) is 24.3 Å². The van der Waals surface area contributed by atoms with Crippen LogP contribution in [0.15, 0.2) is 29.4 Å². The van der Waals surface area contributed by atoms with Gasteiger partial charge in [0, 0.05) is 17.2 Å². The maximum absolute atomic E-state index is 11.7. The van der Waals surface area contributed by atoms with Crippen LogP contribution in [-0.2, 0) is 11.3 Å². The van der Waals surface area contributed by atoms with E-state index in [4.69, 9.17) is 17.3 Å². The molecule has 2 rings (SSSR count). The fourth-order valence-corrected chi connectivity index (χ4v) is 1.94. The van der Waals surface area contributed by atoms with E-state index in [0.717, 1.165) is 11.3 Å². The van der Waals surface area contributed by atoms with Crippen molar-refractivity contribution in [3.63, 3.8) is 0 Å². The van der Waals surface area contributed by atoms with E-state index in [1.54, 1.807) is 0 Å². The fraction of sp³-hybridized carbons (Fsp3) is 0.333. The van der Waals surface area contributed by atoms with E-state index in [2.05, 4.69) is 5.10 Å². The predicted molar refractivity (Wildman–Crippen MR) is 67.7 cm³/mol. The lowest BCUT2D eigenvalue weighted by atomic mass is 10.2. The number of amides is 1. The lowest BCUT2D eigenvalue weighted by Crippen LogP contribution is -2.20. The van der Waals surface area contributed by atoms with E-state index in [1.165, 1.54) is 5.01 Å². The number of nitrogens with zero attached hydrogens (tertiary/aromatic N) is 2. The van der Waals surface area contributed by atoms with Gasteiger partial charge in [0.1, 0.15) is 0 Å². The van der Waals surface area contributed by atoms with Crippen LogP contribution < -0.4 is 5.73 Å². The number of nitrogens with two attached hydrogens (primary N) is 1. The lowest BCUT2D eigenvalue weighted by Gasteiger charge is -2.12. The van der Waals surface area contributed by atoms with Gasteiger partial charge in [0.2, 0.25) is 5.91 Å². The molecule has 1 aliphatic heterocycles. The molecule has 0 aliphatic carbocycles. The summed E-state index contributed by atoms with van der Waals surface area (Å²) in [5.41, 5.74) is 7.20. The molecule has 0 atom stereocenters. The minimum atomic E-state index is 0.00775. The Morgan fingerprint density at radius 1 is 1.41 bits per heavy atom. The Bertz CT molecular complexity index is 459. The summed E-state index contributed by atoms with van der Waals surface area (Å²) in [6, 6.07) is 7.46. The molecule has 0 fully saturated rings. The van der Waals surface area contributed by atoms with E-state index in [9.17, 15) is 4.79 Å². The maximum Gasteiger partial charge on any atom is 0.248 e. The summed E-state index contributed by atoms with van der Waals surface area (Å²) in [5.74, 6) is 0.00775. The number of hydrogen-bond acceptors (Lipinski definition) is 3. The SMILES string of the molecule is NCCC1=NN(Cc2ccccc2Cl)C(=O)C1. The molecule has 5 heteroatoms. The molecule has 1 heterocycles. The zero-order valence-electron chi connectivity index (χ0n) is 9.40. The monoisotopic (exact) mass is 251 g/mol. The van der Waals surface area contributed by atoms with Gasteiger partial charge in [0.25, 0.3) is 0 Å². The maximum atomic E-state index is 11.7. The van der Waals surface area contributed by atoms with Crippen LogP contribution in [0.1, 0.15) is 18.4 Å². The van der Waals surface area contributed by atoms with Crippen LogP contribution in [0.4, 0.5) is 0 Å². The third-order valence-corrected chi connectivity index (χ3v) is 2.98. The first-order chi connectivity index (χ1) is 8.20. The van der Waals surface area contributed by atoms with Crippen molar-refractivity contribution < 1.29 is 4.79 Å². The summed E-state index contributed by atoms with van der Waals surface area (Å²) in [6.07, 6.45) is 1.05. The van der Waals surface area contributed by atoms with Crippen molar-refractivity contribution in [2.75, 3.05) is 6.54 Å². The molecule has 90 valence electrons. The summed E-state index contributed by atoms with van der Waals surface area (Å²) in [6.45, 7) is 0.943. The molecule has 0 bridgehead atoms. The predicted octanol–water partition coefficient (Wildman–Crippen LogP) is 1.78. The fourth-order valence-electron chi connectivity index (χ4n) is 1.74. The second-order valence-corrected chi connectivity index (χ2v) is 4.33. The van der Waals surface area contributed by atoms with Gasteiger partial charge >= 0.3 is 0 Å². The Morgan fingerprint density at radius 2 is 2.18 bits per heavy atom. The van der Waals surface area contributed by atoms with Crippen molar-refractivity contribution in [3.05, 3.63) is 34.9 Å². The van der Waals surface area contributed by atoms with Crippen molar-refractivity contribution in [1.82, 2.24) is 5.01 Å². The molecule has 1 aromatic rings. The Morgan fingerprint density at radius 3 is 2.88 bits per heavy atom. The molecule has 0 spiro atoms. The highest BCUT2D eigenvalue weighted by Gasteiger charge is 2.23. The van der Waals surface area contributed by atoms with E-state index in [0.29, 0.717) is 31.0 Å². The number of benzene rings is 1. The lowest BCUT2D eigenvalue weighted by molar-refractivity contribution is -0.129. The average Bonchev–Trinajstić information content (AvgIpc) is 2.63. The molecule has 0 radical (unpaired) electrons. The number of carbonyl (C=O) groups excluding carboxylic acids is 1. The highest BCUT2D eigenvalue weighted by molar-refractivity contribution is 6.31. The Kier molecular flexibility index (Phi) is 3.76. The van der Waals surface area contributed by atoms with E-state index in [-0.39, 0.29) is 5.91 Å². The third-order valence-electron chi connectivity index (χ3n) is 2.62. The molecule has 17 heavy (non-hydrogen) atoms. The van der Waals surface area contributed by atoms with Crippen molar-refractivity contribution in [3.8, 4) is 0 Å². The van der Waals surface area contributed by atoms with Crippen LogP contribution in [-0.4, -0.2) is 23.2 Å². The minimum Gasteiger partial charge on any atom is -0.330 e. The quantitative estimate of drug-likeness (QED) is 0.887. The van der Waals surface area contributed by atoms with Crippen molar-refractivity contribution in [2.45, 2.75) is 19.4 Å². The summed E-state index contributed by atoms with van der Waals surface area (Å²) >= 11 is 6.04. The minimum absolute atomic E-state index is 0.00775. The Hall–Kier alpha value is -1.39. The third kappa shape index (κ3) is 2.84. The first kappa shape index (κ1) is 12.1. The number of hydrogen-bond donors (Lipinski definition) is 1. The summed E-state index contributed by atoms with van der Waals surface area (Å²) < 4.78 is 0. The topological polar surface area (TPSA) is 58.7 Å². The van der Waals surface area contributed by atoms with Crippen LogP contribution in [0.2, 0.25) is 5.02 Å². The first-order valence-corrected chi connectivity index (χ1v) is 5.88. The molecular formula is C12H14ClN3O. The van der Waals surface area contributed by atoms with Crippen LogP contribution in [0.5, 0.6) is 0 Å². The smallest absolute Gasteiger partial charge is 0.248 e. The van der Waals surface area contributed by atoms with Crippen LogP contribution in [0.25, 0.3) is 0 Å².